The number of halogens is 1. The van der Waals surface area contributed by atoms with Gasteiger partial charge >= 0.3 is 0 Å². The van der Waals surface area contributed by atoms with Crippen molar-refractivity contribution in [3.63, 3.8) is 0 Å². The number of hydrogen-bond acceptors (Lipinski definition) is 3. The molecule has 112 valence electrons. The van der Waals surface area contributed by atoms with Gasteiger partial charge in [0.2, 0.25) is 0 Å². The summed E-state index contributed by atoms with van der Waals surface area (Å²) in [4.78, 5) is 0. The van der Waals surface area contributed by atoms with Crippen LogP contribution in [0.1, 0.15) is 18.1 Å². The van der Waals surface area contributed by atoms with Crippen LogP contribution in [0.25, 0.3) is 0 Å². The van der Waals surface area contributed by atoms with Crippen molar-refractivity contribution in [2.75, 3.05) is 13.7 Å². The van der Waals surface area contributed by atoms with E-state index < -0.39 is 0 Å². The van der Waals surface area contributed by atoms with Crippen molar-refractivity contribution in [2.45, 2.75) is 20.1 Å². The van der Waals surface area contributed by atoms with Crippen LogP contribution in [0.4, 0.5) is 0 Å². The first kappa shape index (κ1) is 16.1. The van der Waals surface area contributed by atoms with Crippen LogP contribution >= 0.6 is 22.6 Å². The number of rotatable bonds is 7. The summed E-state index contributed by atoms with van der Waals surface area (Å²) in [5.41, 5.74) is 2.26. The fourth-order valence-corrected chi connectivity index (χ4v) is 2.42. The molecule has 0 bridgehead atoms. The number of benzene rings is 2. The molecule has 0 radical (unpaired) electrons. The average Bonchev–Trinajstić information content (AvgIpc) is 2.49. The molecule has 2 rings (SSSR count). The van der Waals surface area contributed by atoms with Crippen molar-refractivity contribution in [3.8, 4) is 11.5 Å². The van der Waals surface area contributed by atoms with E-state index in [4.69, 9.17) is 9.47 Å². The molecule has 1 N–H and O–H groups in total. The number of hydrogen-bond donors (Lipinski definition) is 1. The molecular weight excluding hydrogens is 377 g/mol. The second kappa shape index (κ2) is 8.24. The minimum absolute atomic E-state index is 0.539. The molecule has 0 saturated carbocycles. The van der Waals surface area contributed by atoms with Crippen molar-refractivity contribution >= 4 is 22.6 Å². The van der Waals surface area contributed by atoms with E-state index in [0.29, 0.717) is 13.2 Å². The molecule has 0 atom stereocenters. The van der Waals surface area contributed by atoms with Gasteiger partial charge in [-0.2, -0.15) is 0 Å². The van der Waals surface area contributed by atoms with Crippen molar-refractivity contribution in [2.24, 2.45) is 0 Å². The van der Waals surface area contributed by atoms with Crippen LogP contribution in [-0.4, -0.2) is 13.7 Å². The fraction of sp³-hybridized carbons (Fsp3) is 0.294. The highest BCUT2D eigenvalue weighted by Crippen LogP contribution is 2.32. The minimum Gasteiger partial charge on any atom is -0.490 e. The second-order valence-electron chi connectivity index (χ2n) is 4.62. The summed E-state index contributed by atoms with van der Waals surface area (Å²) in [5.74, 6) is 1.63. The molecule has 0 amide bonds. The molecule has 2 aromatic rings. The lowest BCUT2D eigenvalue weighted by Gasteiger charge is -2.16. The lowest BCUT2D eigenvalue weighted by molar-refractivity contribution is 0.266. The summed E-state index contributed by atoms with van der Waals surface area (Å²) >= 11 is 2.30. The van der Waals surface area contributed by atoms with Crippen molar-refractivity contribution in [1.82, 2.24) is 5.32 Å². The first-order valence-corrected chi connectivity index (χ1v) is 8.09. The SMILES string of the molecule is CCOc1cccc(CNC)c1OCc1ccc(I)cc1. The quantitative estimate of drug-likeness (QED) is 0.717. The molecule has 3 nitrogen and oxygen atoms in total. The van der Waals surface area contributed by atoms with Crippen molar-refractivity contribution in [1.29, 1.82) is 0 Å². The Hall–Kier alpha value is -1.27. The van der Waals surface area contributed by atoms with E-state index in [1.165, 1.54) is 3.57 Å². The van der Waals surface area contributed by atoms with E-state index in [-0.39, 0.29) is 0 Å². The molecule has 2 aromatic carbocycles. The van der Waals surface area contributed by atoms with Gasteiger partial charge in [0.05, 0.1) is 6.61 Å². The van der Waals surface area contributed by atoms with Crippen LogP contribution in [0.2, 0.25) is 0 Å². The van der Waals surface area contributed by atoms with Gasteiger partial charge in [-0.1, -0.05) is 24.3 Å². The predicted molar refractivity (Wildman–Crippen MR) is 93.9 cm³/mol. The Morgan fingerprint density at radius 1 is 1.05 bits per heavy atom. The van der Waals surface area contributed by atoms with Crippen LogP contribution in [0.3, 0.4) is 0 Å². The maximum Gasteiger partial charge on any atom is 0.166 e. The third kappa shape index (κ3) is 4.61. The maximum absolute atomic E-state index is 6.03. The zero-order valence-electron chi connectivity index (χ0n) is 12.4. The summed E-state index contributed by atoms with van der Waals surface area (Å²) in [6.45, 7) is 3.90. The van der Waals surface area contributed by atoms with Crippen LogP contribution in [0.15, 0.2) is 42.5 Å². The van der Waals surface area contributed by atoms with E-state index in [0.717, 1.165) is 29.2 Å². The van der Waals surface area contributed by atoms with E-state index in [1.54, 1.807) is 0 Å². The molecule has 0 spiro atoms. The smallest absolute Gasteiger partial charge is 0.166 e. The Balaban J connectivity index is 2.17. The molecule has 0 aliphatic rings. The normalized spacial score (nSPS) is 10.4. The Labute approximate surface area is 139 Å². The summed E-state index contributed by atoms with van der Waals surface area (Å²) in [5, 5.41) is 3.16. The zero-order valence-corrected chi connectivity index (χ0v) is 14.5. The third-order valence-electron chi connectivity index (χ3n) is 3.02. The van der Waals surface area contributed by atoms with E-state index in [2.05, 4.69) is 58.2 Å². The topological polar surface area (TPSA) is 30.5 Å². The fourth-order valence-electron chi connectivity index (χ4n) is 2.06. The lowest BCUT2D eigenvalue weighted by Crippen LogP contribution is -2.09. The number of para-hydroxylation sites is 1. The molecule has 21 heavy (non-hydrogen) atoms. The second-order valence-corrected chi connectivity index (χ2v) is 5.87. The van der Waals surface area contributed by atoms with Gasteiger partial charge in [-0.15, -0.1) is 0 Å². The molecule has 0 aliphatic carbocycles. The average molecular weight is 397 g/mol. The van der Waals surface area contributed by atoms with Gasteiger partial charge in [0.1, 0.15) is 6.61 Å². The Bertz CT molecular complexity index is 545. The van der Waals surface area contributed by atoms with Crippen LogP contribution in [0.5, 0.6) is 11.5 Å². The summed E-state index contributed by atoms with van der Waals surface area (Å²) < 4.78 is 12.9. The first-order valence-electron chi connectivity index (χ1n) is 7.01. The Morgan fingerprint density at radius 2 is 1.81 bits per heavy atom. The Morgan fingerprint density at radius 3 is 2.48 bits per heavy atom. The highest BCUT2D eigenvalue weighted by atomic mass is 127. The van der Waals surface area contributed by atoms with E-state index >= 15 is 0 Å². The molecule has 0 saturated heterocycles. The summed E-state index contributed by atoms with van der Waals surface area (Å²) in [7, 11) is 1.93. The zero-order chi connectivity index (χ0) is 15.1. The lowest BCUT2D eigenvalue weighted by atomic mass is 10.1. The summed E-state index contributed by atoms with van der Waals surface area (Å²) in [6.07, 6.45) is 0. The molecule has 0 fully saturated rings. The number of ether oxygens (including phenoxy) is 2. The standard InChI is InChI=1S/C17H20INO2/c1-3-20-16-6-4-5-14(11-19-2)17(16)21-12-13-7-9-15(18)10-8-13/h4-10,19H,3,11-12H2,1-2H3. The molecule has 0 aromatic heterocycles. The van der Waals surface area contributed by atoms with Crippen LogP contribution in [-0.2, 0) is 13.2 Å². The predicted octanol–water partition coefficient (Wildman–Crippen LogP) is 3.99. The number of nitrogens with one attached hydrogen (secondary N) is 1. The molecule has 0 aliphatic heterocycles. The third-order valence-corrected chi connectivity index (χ3v) is 3.74. The van der Waals surface area contributed by atoms with Gasteiger partial charge in [0.15, 0.2) is 11.5 Å². The van der Waals surface area contributed by atoms with Gasteiger partial charge in [-0.3, -0.25) is 0 Å². The largest absolute Gasteiger partial charge is 0.490 e. The van der Waals surface area contributed by atoms with Gasteiger partial charge < -0.3 is 14.8 Å². The van der Waals surface area contributed by atoms with E-state index in [9.17, 15) is 0 Å². The van der Waals surface area contributed by atoms with Crippen LogP contribution in [0, 0.1) is 3.57 Å². The van der Waals surface area contributed by atoms with Crippen molar-refractivity contribution in [3.05, 3.63) is 57.2 Å². The van der Waals surface area contributed by atoms with Gasteiger partial charge in [0, 0.05) is 15.7 Å². The summed E-state index contributed by atoms with van der Waals surface area (Å²) in [6, 6.07) is 14.3. The molecule has 4 heteroatoms. The van der Waals surface area contributed by atoms with Gasteiger partial charge in [0.25, 0.3) is 0 Å². The van der Waals surface area contributed by atoms with E-state index in [1.807, 2.05) is 26.1 Å². The monoisotopic (exact) mass is 397 g/mol. The Kier molecular flexibility index (Phi) is 6.32. The first-order chi connectivity index (χ1) is 10.2. The minimum atomic E-state index is 0.539. The van der Waals surface area contributed by atoms with Gasteiger partial charge in [-0.05, 0) is 60.3 Å². The van der Waals surface area contributed by atoms with Crippen molar-refractivity contribution < 1.29 is 9.47 Å². The highest BCUT2D eigenvalue weighted by Gasteiger charge is 2.10. The molecule has 0 unspecified atom stereocenters. The van der Waals surface area contributed by atoms with Gasteiger partial charge in [-0.25, -0.2) is 0 Å². The molecular formula is C17H20INO2. The highest BCUT2D eigenvalue weighted by molar-refractivity contribution is 14.1. The van der Waals surface area contributed by atoms with Crippen LogP contribution < -0.4 is 14.8 Å². The maximum atomic E-state index is 6.03. The molecule has 0 heterocycles.